The summed E-state index contributed by atoms with van der Waals surface area (Å²) >= 11 is 25.8. The Bertz CT molecular complexity index is 3520. The molecule has 0 spiro atoms. The zero-order chi connectivity index (χ0) is 49.1. The molecule has 354 valence electrons. The molecule has 13 nitrogen and oxygen atoms in total. The molecule has 0 aliphatic heterocycles. The highest BCUT2D eigenvalue weighted by molar-refractivity contribution is 6.38. The summed E-state index contributed by atoms with van der Waals surface area (Å²) in [6, 6.07) is 30.6. The molecule has 2 amide bonds. The summed E-state index contributed by atoms with van der Waals surface area (Å²) in [7, 11) is 0. The Morgan fingerprint density at radius 3 is 1.69 bits per heavy atom. The molecule has 2 fully saturated rings. The Hall–Kier alpha value is -6.77. The first-order chi connectivity index (χ1) is 33.7. The topological polar surface area (TPSA) is 170 Å². The number of hydrogen-bond donors (Lipinski definition) is 3. The number of halogens is 4. The molecule has 2 aliphatic rings. The summed E-state index contributed by atoms with van der Waals surface area (Å²) < 4.78 is 9.69. The van der Waals surface area contributed by atoms with Crippen molar-refractivity contribution in [2.24, 2.45) is 0 Å². The van der Waals surface area contributed by atoms with Gasteiger partial charge in [0.25, 0.3) is 22.9 Å². The van der Waals surface area contributed by atoms with E-state index in [9.17, 15) is 24.3 Å². The Morgan fingerprint density at radius 2 is 1.16 bits per heavy atom. The summed E-state index contributed by atoms with van der Waals surface area (Å²) in [5.74, 6) is -0.407. The Kier molecular flexibility index (Phi) is 12.6. The van der Waals surface area contributed by atoms with Gasteiger partial charge in [0.2, 0.25) is 0 Å². The molecule has 4 atom stereocenters. The summed E-state index contributed by atoms with van der Waals surface area (Å²) in [4.78, 5) is 70.7. The molecular formula is C53H43Cl4N7O6. The van der Waals surface area contributed by atoms with Crippen LogP contribution >= 0.6 is 46.4 Å². The van der Waals surface area contributed by atoms with Crippen molar-refractivity contribution in [1.82, 2.24) is 24.1 Å². The second-order valence-corrected chi connectivity index (χ2v) is 19.3. The first kappa shape index (κ1) is 46.9. The van der Waals surface area contributed by atoms with Gasteiger partial charge >= 0.3 is 0 Å². The van der Waals surface area contributed by atoms with E-state index >= 15 is 0 Å². The van der Waals surface area contributed by atoms with Gasteiger partial charge in [-0.15, -0.1) is 0 Å². The zero-order valence-electron chi connectivity index (χ0n) is 37.9. The van der Waals surface area contributed by atoms with Gasteiger partial charge in [0.1, 0.15) is 23.9 Å². The van der Waals surface area contributed by atoms with Gasteiger partial charge in [-0.05, 0) is 93.5 Å². The van der Waals surface area contributed by atoms with Crippen LogP contribution in [0.1, 0.15) is 104 Å². The number of anilines is 2. The van der Waals surface area contributed by atoms with Crippen LogP contribution in [0.25, 0.3) is 21.8 Å². The minimum Gasteiger partial charge on any atom is -0.504 e. The number of rotatable bonds is 11. The third kappa shape index (κ3) is 8.44. The quantitative estimate of drug-likeness (QED) is 0.107. The summed E-state index contributed by atoms with van der Waals surface area (Å²) in [6.45, 7) is 5.31. The van der Waals surface area contributed by atoms with Gasteiger partial charge in [0.15, 0.2) is 16.7 Å². The van der Waals surface area contributed by atoms with Crippen LogP contribution in [0, 0.1) is 20.8 Å². The number of nitrogens with zero attached hydrogens (tertiary/aromatic N) is 5. The number of amides is 2. The van der Waals surface area contributed by atoms with Gasteiger partial charge in [-0.2, -0.15) is 0 Å². The van der Waals surface area contributed by atoms with E-state index in [1.165, 1.54) is 18.2 Å². The number of pyridine rings is 1. The number of aromatic hydroxyl groups is 1. The number of nitrogens with one attached hydrogen (secondary N) is 2. The summed E-state index contributed by atoms with van der Waals surface area (Å²) in [6.07, 6.45) is 3.39. The number of fused-ring (bicyclic) bond motifs is 2. The van der Waals surface area contributed by atoms with Crippen LogP contribution in [0.3, 0.4) is 0 Å². The van der Waals surface area contributed by atoms with Crippen molar-refractivity contribution in [2.75, 3.05) is 10.6 Å². The maximum absolute atomic E-state index is 14.8. The lowest BCUT2D eigenvalue weighted by Gasteiger charge is -2.39. The molecule has 2 aliphatic carbocycles. The molecule has 3 heterocycles. The molecule has 8 aromatic rings. The largest absolute Gasteiger partial charge is 0.504 e. The monoisotopic (exact) mass is 1010 g/mol. The van der Waals surface area contributed by atoms with Crippen molar-refractivity contribution in [3.05, 3.63) is 189 Å². The number of aryl methyl sites for hydroxylation is 3. The highest BCUT2D eigenvalue weighted by atomic mass is 35.5. The summed E-state index contributed by atoms with van der Waals surface area (Å²) in [5, 5.41) is 15.7. The average molecular weight is 1020 g/mol. The zero-order valence-corrected chi connectivity index (χ0v) is 40.9. The normalized spacial score (nSPS) is 17.5. The first-order valence-electron chi connectivity index (χ1n) is 22.6. The van der Waals surface area contributed by atoms with E-state index in [1.807, 2.05) is 68.4 Å². The van der Waals surface area contributed by atoms with Crippen LogP contribution in [0.15, 0.2) is 113 Å². The first-order valence-corrected chi connectivity index (χ1v) is 24.2. The van der Waals surface area contributed by atoms with E-state index < -0.39 is 17.6 Å². The van der Waals surface area contributed by atoms with E-state index in [-0.39, 0.29) is 95.5 Å². The number of aromatic nitrogens is 5. The second kappa shape index (κ2) is 18.9. The van der Waals surface area contributed by atoms with Crippen molar-refractivity contribution in [1.29, 1.82) is 0 Å². The molecule has 70 heavy (non-hydrogen) atoms. The van der Waals surface area contributed by atoms with E-state index in [1.54, 1.807) is 34.3 Å². The number of ether oxygens (including phenoxy) is 1. The average Bonchev–Trinajstić information content (AvgIpc) is 3.31. The van der Waals surface area contributed by atoms with Crippen LogP contribution in [-0.4, -0.2) is 41.0 Å². The molecule has 0 radical (unpaired) electrons. The van der Waals surface area contributed by atoms with E-state index in [0.717, 1.165) is 42.4 Å². The molecule has 2 saturated carbocycles. The van der Waals surface area contributed by atoms with Gasteiger partial charge in [-0.25, -0.2) is 15.0 Å². The fourth-order valence-electron chi connectivity index (χ4n) is 9.82. The van der Waals surface area contributed by atoms with Gasteiger partial charge in [0, 0.05) is 35.0 Å². The molecule has 0 unspecified atom stereocenters. The number of benzene rings is 5. The lowest BCUT2D eigenvalue weighted by Crippen LogP contribution is -2.37. The van der Waals surface area contributed by atoms with Crippen molar-refractivity contribution < 1.29 is 19.4 Å². The number of hydrogen-bond acceptors (Lipinski definition) is 9. The molecule has 3 aromatic heterocycles. The van der Waals surface area contributed by atoms with Gasteiger partial charge < -0.3 is 20.5 Å². The fraction of sp³-hybridized carbons (Fsp3) is 0.226. The van der Waals surface area contributed by atoms with Crippen LogP contribution in [-0.2, 0) is 6.61 Å². The van der Waals surface area contributed by atoms with Crippen molar-refractivity contribution >= 4 is 91.4 Å². The predicted molar refractivity (Wildman–Crippen MR) is 274 cm³/mol. The molecule has 3 N–H and O–H groups in total. The lowest BCUT2D eigenvalue weighted by molar-refractivity contribution is 0.101. The Labute approximate surface area is 421 Å². The van der Waals surface area contributed by atoms with Gasteiger partial charge in [-0.3, -0.25) is 28.3 Å². The SMILES string of the molecule is Cc1ccc(NC(=O)c2cc(Cl)c(OCc3ccc(NC(=O)c4cc(Cl)c(O)c(Cl)n4)c4c(=O)n([C@@H]5CC[C@H]5c5ccccc5)c(C)nc34)c(Cl)c2)c2c(=O)n([C@@H]3CC[C@H]3c3ccccc3)c(C)nc12. The fourth-order valence-corrected chi connectivity index (χ4v) is 10.9. The van der Waals surface area contributed by atoms with Gasteiger partial charge in [-0.1, -0.05) is 119 Å². The molecule has 10 rings (SSSR count). The summed E-state index contributed by atoms with van der Waals surface area (Å²) in [5.41, 5.74) is 4.03. The standard InChI is InChI=1S/C53H43Cl4N7O6/c1-26-14-18-38(43-45(26)58-27(2)63(52(43)68)41-20-16-33(41)29-10-6-4-7-11-29)61-50(66)32-22-36(55)48(37(56)23-32)70-25-31-15-19-39(62-51(67)40-24-35(54)47(65)49(57)60-40)44-46(31)59-28(3)64(53(44)69)42-21-17-34(42)30-12-8-5-9-13-30/h4-15,18-19,22-24,33-34,41-42,65H,16-17,20-21,25H2,1-3H3,(H,61,66)(H,62,67)/t33-,34-,41+,42+/m0/s1. The number of carbonyl (C=O) groups excluding carboxylic acids is 2. The van der Waals surface area contributed by atoms with Gasteiger partial charge in [0.05, 0.1) is 48.2 Å². The predicted octanol–water partition coefficient (Wildman–Crippen LogP) is 12.1. The Balaban J connectivity index is 0.947. The molecule has 0 bridgehead atoms. The van der Waals surface area contributed by atoms with Crippen LogP contribution < -0.4 is 26.5 Å². The smallest absolute Gasteiger partial charge is 0.274 e. The second-order valence-electron chi connectivity index (χ2n) is 17.7. The van der Waals surface area contributed by atoms with Crippen LogP contribution in [0.5, 0.6) is 11.5 Å². The molecular weight excluding hydrogens is 972 g/mol. The third-order valence-corrected chi connectivity index (χ3v) is 14.7. The highest BCUT2D eigenvalue weighted by Crippen LogP contribution is 2.47. The van der Waals surface area contributed by atoms with Crippen molar-refractivity contribution in [3.8, 4) is 11.5 Å². The van der Waals surface area contributed by atoms with Crippen molar-refractivity contribution in [2.45, 2.75) is 77.0 Å². The van der Waals surface area contributed by atoms with E-state index in [2.05, 4.69) is 27.8 Å². The number of carbonyl (C=O) groups is 2. The maximum Gasteiger partial charge on any atom is 0.274 e. The highest BCUT2D eigenvalue weighted by Gasteiger charge is 2.37. The van der Waals surface area contributed by atoms with Crippen molar-refractivity contribution in [3.63, 3.8) is 0 Å². The minimum absolute atomic E-state index is 0.0262. The van der Waals surface area contributed by atoms with Crippen LogP contribution in [0.4, 0.5) is 11.4 Å². The molecule has 5 aromatic carbocycles. The Morgan fingerprint density at radius 1 is 0.643 bits per heavy atom. The van der Waals surface area contributed by atoms with E-state index in [4.69, 9.17) is 61.1 Å². The lowest BCUT2D eigenvalue weighted by atomic mass is 9.74. The molecule has 17 heteroatoms. The maximum atomic E-state index is 14.8. The minimum atomic E-state index is -0.737. The third-order valence-electron chi connectivity index (χ3n) is 13.6. The molecule has 0 saturated heterocycles. The van der Waals surface area contributed by atoms with Crippen LogP contribution in [0.2, 0.25) is 20.2 Å². The van der Waals surface area contributed by atoms with E-state index in [0.29, 0.717) is 33.8 Å².